The Kier molecular flexibility index (Phi) is 6.34. The van der Waals surface area contributed by atoms with Crippen LogP contribution < -0.4 is 5.32 Å². The molecule has 1 N–H and O–H groups in total. The van der Waals surface area contributed by atoms with E-state index in [1.807, 2.05) is 46.0 Å². The zero-order chi connectivity index (χ0) is 20.2. The van der Waals surface area contributed by atoms with Crippen LogP contribution in [0.5, 0.6) is 0 Å². The van der Waals surface area contributed by atoms with Crippen LogP contribution in [-0.2, 0) is 17.5 Å². The SMILES string of the molecule is CCCN(Cc1ccccc1)C(=O)Nc1cc(C(C)(C)C)nn1C(C)(C)C. The van der Waals surface area contributed by atoms with E-state index in [-0.39, 0.29) is 17.0 Å². The number of carbonyl (C=O) groups excluding carboxylic acids is 1. The maximum absolute atomic E-state index is 13.0. The van der Waals surface area contributed by atoms with E-state index < -0.39 is 0 Å². The van der Waals surface area contributed by atoms with E-state index in [0.29, 0.717) is 13.1 Å². The molecule has 0 aliphatic rings. The molecule has 27 heavy (non-hydrogen) atoms. The van der Waals surface area contributed by atoms with E-state index >= 15 is 0 Å². The van der Waals surface area contributed by atoms with Crippen LogP contribution in [0.4, 0.5) is 10.6 Å². The lowest BCUT2D eigenvalue weighted by atomic mass is 9.92. The molecule has 1 aromatic carbocycles. The Hall–Kier alpha value is -2.30. The standard InChI is InChI=1S/C22H34N4O/c1-8-14-25(16-17-12-10-9-11-13-17)20(27)23-19-15-18(21(2,3)4)24-26(19)22(5,6)7/h9-13,15H,8,14,16H2,1-7H3,(H,23,27). The molecule has 5 heteroatoms. The number of carbonyl (C=O) groups is 1. The van der Waals surface area contributed by atoms with Crippen molar-refractivity contribution >= 4 is 11.8 Å². The zero-order valence-electron chi connectivity index (χ0n) is 17.8. The molecular weight excluding hydrogens is 336 g/mol. The van der Waals surface area contributed by atoms with Crippen LogP contribution in [0.2, 0.25) is 0 Å². The number of aromatic nitrogens is 2. The van der Waals surface area contributed by atoms with Crippen molar-refractivity contribution in [2.75, 3.05) is 11.9 Å². The van der Waals surface area contributed by atoms with Crippen molar-refractivity contribution in [1.82, 2.24) is 14.7 Å². The van der Waals surface area contributed by atoms with Crippen molar-refractivity contribution in [2.45, 2.75) is 72.4 Å². The minimum absolute atomic E-state index is 0.0802. The summed E-state index contributed by atoms with van der Waals surface area (Å²) in [6.45, 7) is 16.1. The second-order valence-corrected chi connectivity index (χ2v) is 9.08. The lowest BCUT2D eigenvalue weighted by Gasteiger charge is -2.26. The molecule has 0 aliphatic heterocycles. The van der Waals surface area contributed by atoms with Crippen molar-refractivity contribution in [3.8, 4) is 0 Å². The molecule has 0 radical (unpaired) electrons. The van der Waals surface area contributed by atoms with Gasteiger partial charge >= 0.3 is 6.03 Å². The summed E-state index contributed by atoms with van der Waals surface area (Å²) < 4.78 is 1.91. The Morgan fingerprint density at radius 1 is 1.11 bits per heavy atom. The van der Waals surface area contributed by atoms with E-state index in [9.17, 15) is 4.79 Å². The van der Waals surface area contributed by atoms with E-state index in [1.165, 1.54) is 0 Å². The lowest BCUT2D eigenvalue weighted by Crippen LogP contribution is -2.36. The zero-order valence-corrected chi connectivity index (χ0v) is 17.8. The van der Waals surface area contributed by atoms with Gasteiger partial charge in [-0.15, -0.1) is 0 Å². The highest BCUT2D eigenvalue weighted by atomic mass is 16.2. The second kappa shape index (κ2) is 8.15. The normalized spacial score (nSPS) is 12.1. The minimum Gasteiger partial charge on any atom is -0.320 e. The van der Waals surface area contributed by atoms with Gasteiger partial charge in [-0.1, -0.05) is 58.0 Å². The number of anilines is 1. The fourth-order valence-corrected chi connectivity index (χ4v) is 2.86. The van der Waals surface area contributed by atoms with Crippen LogP contribution in [0.25, 0.3) is 0 Å². The molecule has 0 unspecified atom stereocenters. The molecule has 2 rings (SSSR count). The van der Waals surface area contributed by atoms with Crippen molar-refractivity contribution in [1.29, 1.82) is 0 Å². The van der Waals surface area contributed by atoms with E-state index in [4.69, 9.17) is 5.10 Å². The molecule has 1 aromatic heterocycles. The summed E-state index contributed by atoms with van der Waals surface area (Å²) in [5, 5.41) is 7.88. The topological polar surface area (TPSA) is 50.2 Å². The van der Waals surface area contributed by atoms with Gasteiger partial charge in [0.25, 0.3) is 0 Å². The number of hydrogen-bond acceptors (Lipinski definition) is 2. The van der Waals surface area contributed by atoms with Gasteiger partial charge in [-0.25, -0.2) is 9.48 Å². The first kappa shape index (κ1) is 21.0. The smallest absolute Gasteiger partial charge is 0.320 e. The first-order valence-electron chi connectivity index (χ1n) is 9.73. The Morgan fingerprint density at radius 2 is 1.74 bits per heavy atom. The van der Waals surface area contributed by atoms with Gasteiger partial charge in [0.15, 0.2) is 0 Å². The number of rotatable bonds is 5. The maximum atomic E-state index is 13.0. The molecule has 0 atom stereocenters. The quantitative estimate of drug-likeness (QED) is 0.768. The van der Waals surface area contributed by atoms with Crippen molar-refractivity contribution in [3.63, 3.8) is 0 Å². The van der Waals surface area contributed by atoms with Crippen molar-refractivity contribution in [2.24, 2.45) is 0 Å². The molecule has 2 aromatic rings. The first-order chi connectivity index (χ1) is 12.5. The van der Waals surface area contributed by atoms with Crippen LogP contribution in [0.15, 0.2) is 36.4 Å². The summed E-state index contributed by atoms with van der Waals surface area (Å²) in [5.74, 6) is 0.742. The number of hydrogen-bond donors (Lipinski definition) is 1. The van der Waals surface area contributed by atoms with Crippen LogP contribution in [-0.4, -0.2) is 27.3 Å². The Labute approximate surface area is 163 Å². The summed E-state index contributed by atoms with van der Waals surface area (Å²) in [6, 6.07) is 12.0. The number of benzene rings is 1. The lowest BCUT2D eigenvalue weighted by molar-refractivity contribution is 0.208. The maximum Gasteiger partial charge on any atom is 0.323 e. The van der Waals surface area contributed by atoms with Gasteiger partial charge in [-0.3, -0.25) is 5.32 Å². The Balaban J connectivity index is 2.27. The van der Waals surface area contributed by atoms with Crippen LogP contribution in [0.3, 0.4) is 0 Å². The second-order valence-electron chi connectivity index (χ2n) is 9.08. The number of amides is 2. The highest BCUT2D eigenvalue weighted by molar-refractivity contribution is 5.88. The average Bonchev–Trinajstić information content (AvgIpc) is 3.00. The molecular formula is C22H34N4O. The van der Waals surface area contributed by atoms with Gasteiger partial charge in [0.05, 0.1) is 11.2 Å². The summed E-state index contributed by atoms with van der Waals surface area (Å²) in [7, 11) is 0. The minimum atomic E-state index is -0.221. The van der Waals surface area contributed by atoms with Gasteiger partial charge in [0, 0.05) is 24.6 Å². The largest absolute Gasteiger partial charge is 0.323 e. The van der Waals surface area contributed by atoms with E-state index in [0.717, 1.165) is 23.5 Å². The number of nitrogens with zero attached hydrogens (tertiary/aromatic N) is 3. The third kappa shape index (κ3) is 5.59. The molecule has 2 amide bonds. The fourth-order valence-electron chi connectivity index (χ4n) is 2.86. The van der Waals surface area contributed by atoms with Gasteiger partial charge in [0.1, 0.15) is 5.82 Å². The Bertz CT molecular complexity index is 751. The monoisotopic (exact) mass is 370 g/mol. The predicted octanol–water partition coefficient (Wildman–Crippen LogP) is 5.38. The third-order valence-corrected chi connectivity index (χ3v) is 4.35. The average molecular weight is 371 g/mol. The highest BCUT2D eigenvalue weighted by Gasteiger charge is 2.26. The van der Waals surface area contributed by atoms with Gasteiger partial charge < -0.3 is 4.90 Å². The van der Waals surface area contributed by atoms with Gasteiger partial charge in [-0.2, -0.15) is 5.10 Å². The predicted molar refractivity (Wildman–Crippen MR) is 112 cm³/mol. The molecule has 0 fully saturated rings. The van der Waals surface area contributed by atoms with Gasteiger partial charge in [0.2, 0.25) is 0 Å². The summed E-state index contributed by atoms with van der Waals surface area (Å²) in [5.41, 5.74) is 1.79. The summed E-state index contributed by atoms with van der Waals surface area (Å²) in [6.07, 6.45) is 0.909. The molecule has 0 aliphatic carbocycles. The summed E-state index contributed by atoms with van der Waals surface area (Å²) in [4.78, 5) is 14.9. The van der Waals surface area contributed by atoms with Crippen LogP contribution in [0, 0.1) is 0 Å². The molecule has 148 valence electrons. The van der Waals surface area contributed by atoms with Crippen molar-refractivity contribution < 1.29 is 4.79 Å². The first-order valence-corrected chi connectivity index (χ1v) is 9.73. The molecule has 5 nitrogen and oxygen atoms in total. The van der Waals surface area contributed by atoms with E-state index in [2.05, 4.69) is 53.8 Å². The van der Waals surface area contributed by atoms with Crippen LogP contribution in [0.1, 0.15) is 66.1 Å². The molecule has 0 spiro atoms. The van der Waals surface area contributed by atoms with Gasteiger partial charge in [-0.05, 0) is 32.8 Å². The fraction of sp³-hybridized carbons (Fsp3) is 0.545. The number of nitrogens with one attached hydrogen (secondary N) is 1. The number of urea groups is 1. The van der Waals surface area contributed by atoms with Crippen molar-refractivity contribution in [3.05, 3.63) is 47.7 Å². The highest BCUT2D eigenvalue weighted by Crippen LogP contribution is 2.28. The third-order valence-electron chi connectivity index (χ3n) is 4.35. The van der Waals surface area contributed by atoms with E-state index in [1.54, 1.807) is 0 Å². The Morgan fingerprint density at radius 3 is 2.26 bits per heavy atom. The molecule has 0 bridgehead atoms. The molecule has 1 heterocycles. The summed E-state index contributed by atoms with van der Waals surface area (Å²) >= 11 is 0. The van der Waals surface area contributed by atoms with Crippen LogP contribution >= 0.6 is 0 Å². The molecule has 0 saturated heterocycles. The molecule has 0 saturated carbocycles.